The molecule has 0 saturated carbocycles. The number of aromatic nitrogens is 3. The van der Waals surface area contributed by atoms with Gasteiger partial charge >= 0.3 is 0 Å². The number of hydrogen-bond donors (Lipinski definition) is 0. The summed E-state index contributed by atoms with van der Waals surface area (Å²) in [7, 11) is 0. The molecule has 0 radical (unpaired) electrons. The van der Waals surface area contributed by atoms with Gasteiger partial charge in [0, 0.05) is 17.2 Å². The highest BCUT2D eigenvalue weighted by Crippen LogP contribution is 2.26. The van der Waals surface area contributed by atoms with Crippen LogP contribution >= 0.6 is 0 Å². The summed E-state index contributed by atoms with van der Waals surface area (Å²) in [6, 6.07) is 13.8. The average Bonchev–Trinajstić information content (AvgIpc) is 3.14. The Labute approximate surface area is 128 Å². The maximum Gasteiger partial charge on any atom is 0.259 e. The fraction of sp³-hybridized carbons (Fsp3) is 0.235. The van der Waals surface area contributed by atoms with E-state index in [1.807, 2.05) is 57.2 Å². The van der Waals surface area contributed by atoms with Crippen molar-refractivity contribution in [1.82, 2.24) is 14.8 Å². The topological polar surface area (TPSA) is 67.6 Å². The van der Waals surface area contributed by atoms with Gasteiger partial charge in [-0.3, -0.25) is 0 Å². The van der Waals surface area contributed by atoms with Crippen molar-refractivity contribution >= 4 is 0 Å². The molecule has 3 aromatic rings. The van der Waals surface area contributed by atoms with E-state index in [9.17, 15) is 5.26 Å². The molecule has 3 rings (SSSR count). The van der Waals surface area contributed by atoms with Crippen molar-refractivity contribution in [2.75, 3.05) is 0 Å². The smallest absolute Gasteiger partial charge is 0.259 e. The van der Waals surface area contributed by atoms with Gasteiger partial charge in [0.2, 0.25) is 11.6 Å². The number of hydrogen-bond acceptors (Lipinski definition) is 4. The van der Waals surface area contributed by atoms with Crippen molar-refractivity contribution in [1.29, 1.82) is 5.26 Å². The molecule has 22 heavy (non-hydrogen) atoms. The second-order valence-corrected chi connectivity index (χ2v) is 6.05. The lowest BCUT2D eigenvalue weighted by atomic mass is 9.97. The highest BCUT2D eigenvalue weighted by Gasteiger charge is 2.25. The van der Waals surface area contributed by atoms with Crippen molar-refractivity contribution < 1.29 is 4.42 Å². The van der Waals surface area contributed by atoms with E-state index in [0.717, 1.165) is 11.3 Å². The fourth-order valence-electron chi connectivity index (χ4n) is 2.06. The number of nitrogens with zero attached hydrogens (tertiary/aromatic N) is 4. The molecule has 0 fully saturated rings. The van der Waals surface area contributed by atoms with Crippen LogP contribution in [-0.4, -0.2) is 14.8 Å². The molecular weight excluding hydrogens is 276 g/mol. The van der Waals surface area contributed by atoms with Crippen LogP contribution in [0, 0.1) is 11.3 Å². The van der Waals surface area contributed by atoms with Crippen LogP contribution in [0.15, 0.2) is 47.0 Å². The first-order valence-corrected chi connectivity index (χ1v) is 7.02. The fourth-order valence-corrected chi connectivity index (χ4v) is 2.06. The van der Waals surface area contributed by atoms with Gasteiger partial charge in [-0.2, -0.15) is 15.3 Å². The second kappa shape index (κ2) is 5.15. The van der Waals surface area contributed by atoms with Gasteiger partial charge in [-0.1, -0.05) is 51.1 Å². The summed E-state index contributed by atoms with van der Waals surface area (Å²) < 4.78 is 7.33. The van der Waals surface area contributed by atoms with Crippen molar-refractivity contribution in [2.45, 2.75) is 26.2 Å². The molecular formula is C17H16N4O. The van der Waals surface area contributed by atoms with E-state index in [0.29, 0.717) is 11.8 Å². The molecule has 0 amide bonds. The number of rotatable bonds is 2. The monoisotopic (exact) mass is 292 g/mol. The normalized spacial score (nSPS) is 11.4. The van der Waals surface area contributed by atoms with E-state index in [1.54, 1.807) is 10.9 Å². The van der Waals surface area contributed by atoms with E-state index in [-0.39, 0.29) is 11.1 Å². The Morgan fingerprint density at radius 2 is 1.86 bits per heavy atom. The summed E-state index contributed by atoms with van der Waals surface area (Å²) in [4.78, 5) is 4.27. The minimum absolute atomic E-state index is 0.243. The third-order valence-electron chi connectivity index (χ3n) is 3.22. The molecule has 5 nitrogen and oxygen atoms in total. The van der Waals surface area contributed by atoms with Crippen LogP contribution in [0.1, 0.15) is 32.4 Å². The third-order valence-corrected chi connectivity index (χ3v) is 3.22. The minimum atomic E-state index is -0.265. The zero-order valence-electron chi connectivity index (χ0n) is 12.7. The van der Waals surface area contributed by atoms with Gasteiger partial charge in [-0.25, -0.2) is 4.68 Å². The van der Waals surface area contributed by atoms with Crippen LogP contribution < -0.4 is 0 Å². The van der Waals surface area contributed by atoms with Gasteiger partial charge in [0.05, 0.1) is 5.69 Å². The van der Waals surface area contributed by atoms with Crippen LogP contribution in [0.5, 0.6) is 0 Å². The summed E-state index contributed by atoms with van der Waals surface area (Å²) in [5.41, 5.74) is 1.81. The highest BCUT2D eigenvalue weighted by atomic mass is 16.4. The summed E-state index contributed by atoms with van der Waals surface area (Å²) >= 11 is 0. The molecule has 0 saturated heterocycles. The zero-order valence-corrected chi connectivity index (χ0v) is 12.7. The molecule has 0 aliphatic heterocycles. The first-order chi connectivity index (χ1) is 10.5. The lowest BCUT2D eigenvalue weighted by Crippen LogP contribution is -2.11. The maximum atomic E-state index is 9.27. The summed E-state index contributed by atoms with van der Waals surface area (Å²) in [6.07, 6.45) is 1.77. The second-order valence-electron chi connectivity index (χ2n) is 6.05. The minimum Gasteiger partial charge on any atom is -0.421 e. The Bertz CT molecular complexity index is 832. The quantitative estimate of drug-likeness (QED) is 0.722. The van der Waals surface area contributed by atoms with Crippen LogP contribution in [0.2, 0.25) is 0 Å². The summed E-state index contributed by atoms with van der Waals surface area (Å²) in [6.45, 7) is 5.97. The molecule has 110 valence electrons. The molecule has 0 aliphatic carbocycles. The molecule has 5 heteroatoms. The van der Waals surface area contributed by atoms with Gasteiger partial charge in [0.1, 0.15) is 6.07 Å². The molecule has 0 atom stereocenters. The maximum absolute atomic E-state index is 9.27. The largest absolute Gasteiger partial charge is 0.421 e. The van der Waals surface area contributed by atoms with E-state index < -0.39 is 0 Å². The van der Waals surface area contributed by atoms with Crippen LogP contribution in [-0.2, 0) is 5.41 Å². The zero-order chi connectivity index (χ0) is 15.7. The molecule has 2 heterocycles. The van der Waals surface area contributed by atoms with E-state index in [2.05, 4.69) is 16.2 Å². The van der Waals surface area contributed by atoms with Crippen molar-refractivity contribution in [3.63, 3.8) is 0 Å². The van der Waals surface area contributed by atoms with Crippen LogP contribution in [0.25, 0.3) is 17.1 Å². The Morgan fingerprint density at radius 3 is 2.50 bits per heavy atom. The highest BCUT2D eigenvalue weighted by molar-refractivity contribution is 5.58. The molecule has 0 bridgehead atoms. The molecule has 1 aromatic carbocycles. The lowest BCUT2D eigenvalue weighted by Gasteiger charge is -2.11. The molecule has 0 aliphatic rings. The van der Waals surface area contributed by atoms with Gasteiger partial charge in [0.25, 0.3) is 5.88 Å². The third kappa shape index (κ3) is 2.51. The molecule has 0 unspecified atom stereocenters. The first-order valence-electron chi connectivity index (χ1n) is 7.02. The Hall–Kier alpha value is -2.87. The van der Waals surface area contributed by atoms with Gasteiger partial charge < -0.3 is 4.42 Å². The molecule has 0 spiro atoms. The molecule has 0 N–H and O–H groups in total. The SMILES string of the molecule is CC(C)(C)c1nc(C#N)c(-n2ccc(-c3ccccc3)n2)o1. The van der Waals surface area contributed by atoms with E-state index in [1.165, 1.54) is 0 Å². The van der Waals surface area contributed by atoms with E-state index in [4.69, 9.17) is 4.42 Å². The number of benzene rings is 1. The average molecular weight is 292 g/mol. The Kier molecular flexibility index (Phi) is 3.30. The Balaban J connectivity index is 2.04. The molecule has 2 aromatic heterocycles. The summed E-state index contributed by atoms with van der Waals surface area (Å²) in [5.74, 6) is 0.880. The van der Waals surface area contributed by atoms with Crippen molar-refractivity contribution in [3.8, 4) is 23.2 Å². The van der Waals surface area contributed by atoms with Crippen molar-refractivity contribution in [2.24, 2.45) is 0 Å². The standard InChI is InChI=1S/C17H16N4O/c1-17(2,3)16-19-14(11-18)15(22-16)21-10-9-13(20-21)12-7-5-4-6-8-12/h4-10H,1-3H3. The van der Waals surface area contributed by atoms with Crippen LogP contribution in [0.4, 0.5) is 0 Å². The number of nitriles is 1. The van der Waals surface area contributed by atoms with Gasteiger partial charge in [0.15, 0.2) is 0 Å². The van der Waals surface area contributed by atoms with Gasteiger partial charge in [-0.05, 0) is 6.07 Å². The van der Waals surface area contributed by atoms with Crippen LogP contribution in [0.3, 0.4) is 0 Å². The lowest BCUT2D eigenvalue weighted by molar-refractivity contribution is 0.381. The number of oxazole rings is 1. The van der Waals surface area contributed by atoms with Gasteiger partial charge in [-0.15, -0.1) is 0 Å². The predicted octanol–water partition coefficient (Wildman–Crippen LogP) is 3.70. The Morgan fingerprint density at radius 1 is 1.14 bits per heavy atom. The van der Waals surface area contributed by atoms with E-state index >= 15 is 0 Å². The summed E-state index contributed by atoms with van der Waals surface area (Å²) in [5, 5.41) is 13.8. The predicted molar refractivity (Wildman–Crippen MR) is 82.5 cm³/mol. The van der Waals surface area contributed by atoms with Crippen molar-refractivity contribution in [3.05, 3.63) is 54.2 Å². The first kappa shape index (κ1) is 14.1.